The van der Waals surface area contributed by atoms with E-state index in [1.54, 1.807) is 13.8 Å². The molecule has 0 fully saturated rings. The molecule has 0 aliphatic heterocycles. The monoisotopic (exact) mass is 192 g/mol. The molecule has 0 aromatic heterocycles. The summed E-state index contributed by atoms with van der Waals surface area (Å²) in [6, 6.07) is 0. The number of methoxy groups -OCH3 is 1. The van der Waals surface area contributed by atoms with E-state index < -0.39 is 16.8 Å². The van der Waals surface area contributed by atoms with Crippen LogP contribution in [0, 0.1) is 5.92 Å². The van der Waals surface area contributed by atoms with E-state index >= 15 is 0 Å². The smallest absolute Gasteiger partial charge is 0.306 e. The molecule has 0 amide bonds. The van der Waals surface area contributed by atoms with Crippen LogP contribution in [-0.4, -0.2) is 24.2 Å². The van der Waals surface area contributed by atoms with Gasteiger partial charge in [-0.15, -0.1) is 11.6 Å². The molecule has 1 unspecified atom stereocenters. The third-order valence-electron chi connectivity index (χ3n) is 1.66. The first-order chi connectivity index (χ1) is 5.41. The van der Waals surface area contributed by atoms with E-state index in [9.17, 15) is 9.59 Å². The number of carbonyl (C=O) groups is 2. The van der Waals surface area contributed by atoms with Gasteiger partial charge in [-0.2, -0.15) is 0 Å². The lowest BCUT2D eigenvalue weighted by atomic mass is 9.93. The predicted molar refractivity (Wildman–Crippen MR) is 46.1 cm³/mol. The zero-order valence-electron chi connectivity index (χ0n) is 7.46. The van der Waals surface area contributed by atoms with Crippen LogP contribution in [-0.2, 0) is 14.3 Å². The summed E-state index contributed by atoms with van der Waals surface area (Å²) in [5.41, 5.74) is 0. The van der Waals surface area contributed by atoms with Crippen molar-refractivity contribution in [3.05, 3.63) is 0 Å². The fourth-order valence-corrected chi connectivity index (χ4v) is 0.844. The lowest BCUT2D eigenvalue weighted by Crippen LogP contribution is -2.28. The van der Waals surface area contributed by atoms with Gasteiger partial charge in [-0.3, -0.25) is 4.79 Å². The van der Waals surface area contributed by atoms with E-state index in [1.807, 2.05) is 0 Å². The number of esters is 1. The standard InChI is InChI=1S/C8H13ClO3/c1-8(2,9)6(5-10)4-7(11)12-3/h5-6H,4H2,1-3H3. The minimum Gasteiger partial charge on any atom is -0.469 e. The second-order valence-electron chi connectivity index (χ2n) is 3.09. The maximum atomic E-state index is 10.8. The second kappa shape index (κ2) is 4.45. The summed E-state index contributed by atoms with van der Waals surface area (Å²) in [5.74, 6) is -0.910. The van der Waals surface area contributed by atoms with Gasteiger partial charge in [0.2, 0.25) is 0 Å². The van der Waals surface area contributed by atoms with Crippen LogP contribution >= 0.6 is 11.6 Å². The molecule has 0 spiro atoms. The Bertz CT molecular complexity index is 172. The molecule has 70 valence electrons. The number of halogens is 1. The lowest BCUT2D eigenvalue weighted by molar-refractivity contribution is -0.143. The molecule has 0 saturated heterocycles. The van der Waals surface area contributed by atoms with Crippen molar-refractivity contribution in [2.75, 3.05) is 7.11 Å². The van der Waals surface area contributed by atoms with E-state index in [0.717, 1.165) is 0 Å². The van der Waals surface area contributed by atoms with E-state index in [4.69, 9.17) is 11.6 Å². The van der Waals surface area contributed by atoms with Crippen molar-refractivity contribution >= 4 is 23.9 Å². The van der Waals surface area contributed by atoms with Gasteiger partial charge < -0.3 is 9.53 Å². The Labute approximate surface area is 77.0 Å². The fraction of sp³-hybridized carbons (Fsp3) is 0.750. The van der Waals surface area contributed by atoms with Gasteiger partial charge in [0.05, 0.1) is 13.5 Å². The van der Waals surface area contributed by atoms with Gasteiger partial charge in [0, 0.05) is 10.8 Å². The number of carbonyl (C=O) groups excluding carboxylic acids is 2. The van der Waals surface area contributed by atoms with Crippen LogP contribution in [0.2, 0.25) is 0 Å². The summed E-state index contributed by atoms with van der Waals surface area (Å²) in [7, 11) is 1.28. The maximum Gasteiger partial charge on any atom is 0.306 e. The molecular formula is C8H13ClO3. The topological polar surface area (TPSA) is 43.4 Å². The molecule has 0 heterocycles. The van der Waals surface area contributed by atoms with Crippen LogP contribution in [0.4, 0.5) is 0 Å². The van der Waals surface area contributed by atoms with E-state index in [0.29, 0.717) is 6.29 Å². The number of aldehydes is 1. The Morgan fingerprint density at radius 3 is 2.42 bits per heavy atom. The van der Waals surface area contributed by atoms with Crippen molar-refractivity contribution in [1.82, 2.24) is 0 Å². The summed E-state index contributed by atoms with van der Waals surface area (Å²) >= 11 is 5.86. The lowest BCUT2D eigenvalue weighted by Gasteiger charge is -2.21. The third-order valence-corrected chi connectivity index (χ3v) is 1.94. The Hall–Kier alpha value is -0.570. The van der Waals surface area contributed by atoms with Gasteiger partial charge in [-0.25, -0.2) is 0 Å². The number of ether oxygens (including phenoxy) is 1. The van der Waals surface area contributed by atoms with Crippen molar-refractivity contribution < 1.29 is 14.3 Å². The molecule has 0 bridgehead atoms. The van der Waals surface area contributed by atoms with E-state index in [1.165, 1.54) is 7.11 Å². The molecule has 0 radical (unpaired) electrons. The molecule has 4 heteroatoms. The first-order valence-electron chi connectivity index (χ1n) is 3.62. The molecule has 0 aromatic rings. The summed E-state index contributed by atoms with van der Waals surface area (Å²) in [4.78, 5) is 20.6. The van der Waals surface area contributed by atoms with Gasteiger partial charge in [0.1, 0.15) is 6.29 Å². The van der Waals surface area contributed by atoms with Crippen molar-refractivity contribution in [3.8, 4) is 0 Å². The highest BCUT2D eigenvalue weighted by molar-refractivity contribution is 6.24. The number of alkyl halides is 1. The quantitative estimate of drug-likeness (QED) is 0.384. The van der Waals surface area contributed by atoms with Gasteiger partial charge in [0.15, 0.2) is 0 Å². The first-order valence-corrected chi connectivity index (χ1v) is 4.00. The normalized spacial score (nSPS) is 13.7. The maximum absolute atomic E-state index is 10.8. The van der Waals surface area contributed by atoms with Crippen molar-refractivity contribution in [2.24, 2.45) is 5.92 Å². The van der Waals surface area contributed by atoms with Crippen LogP contribution in [0.25, 0.3) is 0 Å². The molecular weight excluding hydrogens is 180 g/mol. The molecule has 0 N–H and O–H groups in total. The van der Waals surface area contributed by atoms with Crippen LogP contribution < -0.4 is 0 Å². The minimum atomic E-state index is -0.698. The van der Waals surface area contributed by atoms with Gasteiger partial charge in [0.25, 0.3) is 0 Å². The molecule has 1 atom stereocenters. The van der Waals surface area contributed by atoms with E-state index in [2.05, 4.69) is 4.74 Å². The minimum absolute atomic E-state index is 0.0382. The molecule has 0 aromatic carbocycles. The molecule has 0 saturated carbocycles. The molecule has 0 aliphatic carbocycles. The first kappa shape index (κ1) is 11.4. The highest BCUT2D eigenvalue weighted by Gasteiger charge is 2.28. The van der Waals surface area contributed by atoms with Crippen LogP contribution in [0.5, 0.6) is 0 Å². The Kier molecular flexibility index (Phi) is 4.24. The zero-order valence-corrected chi connectivity index (χ0v) is 8.22. The average molecular weight is 193 g/mol. The highest BCUT2D eigenvalue weighted by Crippen LogP contribution is 2.25. The summed E-state index contributed by atoms with van der Waals surface area (Å²) in [6.07, 6.45) is 0.723. The van der Waals surface area contributed by atoms with Crippen molar-refractivity contribution in [3.63, 3.8) is 0 Å². The van der Waals surface area contributed by atoms with Gasteiger partial charge in [-0.05, 0) is 13.8 Å². The van der Waals surface area contributed by atoms with Gasteiger partial charge >= 0.3 is 5.97 Å². The molecule has 0 rings (SSSR count). The van der Waals surface area contributed by atoms with Crippen LogP contribution in [0.15, 0.2) is 0 Å². The predicted octanol–water partition coefficient (Wildman–Crippen LogP) is 1.38. The Balaban J connectivity index is 4.19. The van der Waals surface area contributed by atoms with Crippen LogP contribution in [0.3, 0.4) is 0 Å². The van der Waals surface area contributed by atoms with Crippen LogP contribution in [0.1, 0.15) is 20.3 Å². The second-order valence-corrected chi connectivity index (χ2v) is 4.06. The third kappa shape index (κ3) is 3.72. The van der Waals surface area contributed by atoms with Crippen molar-refractivity contribution in [2.45, 2.75) is 25.1 Å². The summed E-state index contributed by atoms with van der Waals surface area (Å²) in [5, 5.41) is 0. The summed E-state index contributed by atoms with van der Waals surface area (Å²) in [6.45, 7) is 3.38. The Morgan fingerprint density at radius 2 is 2.17 bits per heavy atom. The molecule has 0 aliphatic rings. The molecule has 3 nitrogen and oxygen atoms in total. The van der Waals surface area contributed by atoms with E-state index in [-0.39, 0.29) is 6.42 Å². The van der Waals surface area contributed by atoms with Crippen molar-refractivity contribution in [1.29, 1.82) is 0 Å². The average Bonchev–Trinajstić information content (AvgIpc) is 1.97. The number of rotatable bonds is 4. The summed E-state index contributed by atoms with van der Waals surface area (Å²) < 4.78 is 4.42. The molecule has 12 heavy (non-hydrogen) atoms. The highest BCUT2D eigenvalue weighted by atomic mass is 35.5. The number of hydrogen-bond acceptors (Lipinski definition) is 3. The number of hydrogen-bond donors (Lipinski definition) is 0. The fourth-order valence-electron chi connectivity index (χ4n) is 0.716. The zero-order chi connectivity index (χ0) is 9.78. The SMILES string of the molecule is COC(=O)CC(C=O)C(C)(C)Cl. The largest absolute Gasteiger partial charge is 0.469 e. The van der Waals surface area contributed by atoms with Gasteiger partial charge in [-0.1, -0.05) is 0 Å². The Morgan fingerprint density at radius 1 is 1.67 bits per heavy atom.